The lowest BCUT2D eigenvalue weighted by Gasteiger charge is -2.19. The number of rotatable bonds is 5. The lowest BCUT2D eigenvalue weighted by Crippen LogP contribution is -2.30. The zero-order chi connectivity index (χ0) is 12.6. The van der Waals surface area contributed by atoms with E-state index < -0.39 is 0 Å². The summed E-state index contributed by atoms with van der Waals surface area (Å²) in [4.78, 5) is 2.49. The van der Waals surface area contributed by atoms with Gasteiger partial charge in [-0.15, -0.1) is 0 Å². The van der Waals surface area contributed by atoms with Crippen LogP contribution in [0.15, 0.2) is 24.3 Å². The highest BCUT2D eigenvalue weighted by atomic mass is 32.2. The van der Waals surface area contributed by atoms with Crippen LogP contribution in [0.5, 0.6) is 5.75 Å². The lowest BCUT2D eigenvalue weighted by molar-refractivity contribution is 0.219. The average Bonchev–Trinajstić information content (AvgIpc) is 2.68. The van der Waals surface area contributed by atoms with Crippen LogP contribution >= 0.6 is 11.8 Å². The molecule has 0 amide bonds. The van der Waals surface area contributed by atoms with Gasteiger partial charge >= 0.3 is 0 Å². The Bertz CT molecular complexity index is 334. The van der Waals surface area contributed by atoms with Crippen LogP contribution in [-0.4, -0.2) is 42.6 Å². The molecule has 2 N–H and O–H groups in total. The predicted molar refractivity (Wildman–Crippen MR) is 78.2 cm³/mol. The summed E-state index contributed by atoms with van der Waals surface area (Å²) in [5.41, 5.74) is 6.71. The topological polar surface area (TPSA) is 38.5 Å². The van der Waals surface area contributed by atoms with Crippen LogP contribution in [0.2, 0.25) is 0 Å². The molecule has 0 radical (unpaired) electrons. The van der Waals surface area contributed by atoms with E-state index in [1.54, 1.807) is 0 Å². The summed E-state index contributed by atoms with van der Waals surface area (Å²) in [5, 5.41) is 0. The third kappa shape index (κ3) is 4.52. The van der Waals surface area contributed by atoms with Crippen molar-refractivity contribution in [2.75, 3.05) is 37.7 Å². The standard InChI is InChI=1S/C14H22N2OS/c15-12-13-2-4-14(5-3-13)17-9-7-16-6-1-10-18-11-8-16/h2-5H,1,6-12,15H2. The van der Waals surface area contributed by atoms with Gasteiger partial charge in [-0.25, -0.2) is 0 Å². The van der Waals surface area contributed by atoms with Gasteiger partial charge in [0, 0.05) is 25.4 Å². The van der Waals surface area contributed by atoms with E-state index in [1.165, 1.54) is 31.0 Å². The van der Waals surface area contributed by atoms with Gasteiger partial charge in [-0.3, -0.25) is 4.90 Å². The second-order valence-electron chi connectivity index (χ2n) is 4.50. The summed E-state index contributed by atoms with van der Waals surface area (Å²) >= 11 is 2.06. The molecule has 1 aromatic rings. The molecule has 0 aromatic heterocycles. The summed E-state index contributed by atoms with van der Waals surface area (Å²) in [6, 6.07) is 8.05. The molecule has 0 bridgehead atoms. The zero-order valence-electron chi connectivity index (χ0n) is 10.8. The number of hydrogen-bond acceptors (Lipinski definition) is 4. The third-order valence-corrected chi connectivity index (χ3v) is 4.20. The highest BCUT2D eigenvalue weighted by Gasteiger charge is 2.08. The van der Waals surface area contributed by atoms with Crippen LogP contribution in [0.25, 0.3) is 0 Å². The van der Waals surface area contributed by atoms with E-state index in [-0.39, 0.29) is 0 Å². The molecule has 1 heterocycles. The van der Waals surface area contributed by atoms with Crippen LogP contribution in [0.3, 0.4) is 0 Å². The number of benzene rings is 1. The van der Waals surface area contributed by atoms with Crippen LogP contribution in [-0.2, 0) is 6.54 Å². The fraction of sp³-hybridized carbons (Fsp3) is 0.571. The van der Waals surface area contributed by atoms with Crippen LogP contribution in [0.4, 0.5) is 0 Å². The normalized spacial score (nSPS) is 17.4. The van der Waals surface area contributed by atoms with Crippen molar-refractivity contribution >= 4 is 11.8 Å². The minimum absolute atomic E-state index is 0.589. The monoisotopic (exact) mass is 266 g/mol. The molecule has 100 valence electrons. The fourth-order valence-electron chi connectivity index (χ4n) is 2.04. The zero-order valence-corrected chi connectivity index (χ0v) is 11.6. The van der Waals surface area contributed by atoms with Gasteiger partial charge in [-0.1, -0.05) is 12.1 Å². The average molecular weight is 266 g/mol. The molecule has 1 saturated heterocycles. The molecule has 2 rings (SSSR count). The first-order valence-corrected chi connectivity index (χ1v) is 7.76. The maximum Gasteiger partial charge on any atom is 0.119 e. The van der Waals surface area contributed by atoms with Crippen molar-refractivity contribution in [1.29, 1.82) is 0 Å². The summed E-state index contributed by atoms with van der Waals surface area (Å²) < 4.78 is 5.76. The van der Waals surface area contributed by atoms with Gasteiger partial charge in [-0.2, -0.15) is 11.8 Å². The molecule has 1 aliphatic rings. The molecule has 0 aliphatic carbocycles. The van der Waals surface area contributed by atoms with Crippen LogP contribution in [0, 0.1) is 0 Å². The molecule has 1 aliphatic heterocycles. The van der Waals surface area contributed by atoms with Gasteiger partial charge in [0.1, 0.15) is 12.4 Å². The van der Waals surface area contributed by atoms with Gasteiger partial charge in [0.15, 0.2) is 0 Å². The van der Waals surface area contributed by atoms with Crippen molar-refractivity contribution in [3.05, 3.63) is 29.8 Å². The van der Waals surface area contributed by atoms with Crippen molar-refractivity contribution in [3.8, 4) is 5.75 Å². The maximum atomic E-state index is 5.76. The summed E-state index contributed by atoms with van der Waals surface area (Å²) in [7, 11) is 0. The van der Waals surface area contributed by atoms with E-state index in [4.69, 9.17) is 10.5 Å². The Hall–Kier alpha value is -0.710. The molecular formula is C14H22N2OS. The van der Waals surface area contributed by atoms with E-state index >= 15 is 0 Å². The number of nitrogens with two attached hydrogens (primary N) is 1. The number of ether oxygens (including phenoxy) is 1. The predicted octanol–water partition coefficient (Wildman–Crippen LogP) is 1.96. The fourth-order valence-corrected chi connectivity index (χ4v) is 2.96. The highest BCUT2D eigenvalue weighted by molar-refractivity contribution is 7.99. The van der Waals surface area contributed by atoms with Crippen LogP contribution in [0.1, 0.15) is 12.0 Å². The molecule has 4 heteroatoms. The summed E-state index contributed by atoms with van der Waals surface area (Å²) in [6.07, 6.45) is 1.30. The molecule has 0 saturated carbocycles. The Morgan fingerprint density at radius 1 is 1.17 bits per heavy atom. The van der Waals surface area contributed by atoms with Gasteiger partial charge in [0.05, 0.1) is 0 Å². The van der Waals surface area contributed by atoms with Gasteiger partial charge in [0.25, 0.3) is 0 Å². The molecule has 0 spiro atoms. The minimum Gasteiger partial charge on any atom is -0.492 e. The number of thioether (sulfide) groups is 1. The van der Waals surface area contributed by atoms with Gasteiger partial charge < -0.3 is 10.5 Å². The molecule has 1 fully saturated rings. The quantitative estimate of drug-likeness (QED) is 0.884. The van der Waals surface area contributed by atoms with Crippen molar-refractivity contribution < 1.29 is 4.74 Å². The van der Waals surface area contributed by atoms with E-state index in [9.17, 15) is 0 Å². The Balaban J connectivity index is 1.70. The second-order valence-corrected chi connectivity index (χ2v) is 5.73. The SMILES string of the molecule is NCc1ccc(OCCN2CCCSCC2)cc1. The van der Waals surface area contributed by atoms with E-state index in [1.807, 2.05) is 24.3 Å². The highest BCUT2D eigenvalue weighted by Crippen LogP contribution is 2.13. The van der Waals surface area contributed by atoms with Crippen molar-refractivity contribution in [1.82, 2.24) is 4.90 Å². The molecular weight excluding hydrogens is 244 g/mol. The van der Waals surface area contributed by atoms with Crippen molar-refractivity contribution in [3.63, 3.8) is 0 Å². The van der Waals surface area contributed by atoms with Gasteiger partial charge in [-0.05, 0) is 36.4 Å². The first kappa shape index (κ1) is 13.7. The summed E-state index contributed by atoms with van der Waals surface area (Å²) in [5.74, 6) is 3.50. The third-order valence-electron chi connectivity index (χ3n) is 3.15. The van der Waals surface area contributed by atoms with Crippen molar-refractivity contribution in [2.24, 2.45) is 5.73 Å². The molecule has 0 atom stereocenters. The lowest BCUT2D eigenvalue weighted by atomic mass is 10.2. The minimum atomic E-state index is 0.589. The Morgan fingerprint density at radius 3 is 2.78 bits per heavy atom. The Kier molecular flexibility index (Phi) is 5.84. The molecule has 1 aromatic carbocycles. The number of nitrogens with zero attached hydrogens (tertiary/aromatic N) is 1. The molecule has 3 nitrogen and oxygen atoms in total. The summed E-state index contributed by atoms with van der Waals surface area (Å²) in [6.45, 7) is 4.79. The molecule has 18 heavy (non-hydrogen) atoms. The second kappa shape index (κ2) is 7.67. The Labute approximate surface area is 114 Å². The first-order valence-electron chi connectivity index (χ1n) is 6.60. The van der Waals surface area contributed by atoms with Crippen LogP contribution < -0.4 is 10.5 Å². The first-order chi connectivity index (χ1) is 8.88. The molecule has 0 unspecified atom stereocenters. The maximum absolute atomic E-state index is 5.76. The van der Waals surface area contributed by atoms with E-state index in [0.29, 0.717) is 6.54 Å². The number of hydrogen-bond donors (Lipinski definition) is 1. The van der Waals surface area contributed by atoms with Gasteiger partial charge in [0.2, 0.25) is 0 Å². The van der Waals surface area contributed by atoms with E-state index in [2.05, 4.69) is 16.7 Å². The Morgan fingerprint density at radius 2 is 2.00 bits per heavy atom. The largest absolute Gasteiger partial charge is 0.492 e. The van der Waals surface area contributed by atoms with E-state index in [0.717, 1.165) is 24.5 Å². The van der Waals surface area contributed by atoms with Crippen molar-refractivity contribution in [2.45, 2.75) is 13.0 Å². The smallest absolute Gasteiger partial charge is 0.119 e.